The summed E-state index contributed by atoms with van der Waals surface area (Å²) in [5.74, 6) is 0. The van der Waals surface area contributed by atoms with Crippen molar-refractivity contribution in [3.05, 3.63) is 76.4 Å². The van der Waals surface area contributed by atoms with Gasteiger partial charge in [0.25, 0.3) is 0 Å². The van der Waals surface area contributed by atoms with E-state index in [-0.39, 0.29) is 0 Å². The van der Waals surface area contributed by atoms with E-state index in [1.807, 2.05) is 0 Å². The monoisotopic (exact) mass is 365 g/mol. The van der Waals surface area contributed by atoms with Crippen molar-refractivity contribution < 1.29 is 0 Å². The number of piperidine rings is 1. The third-order valence-corrected chi connectivity index (χ3v) is 5.45. The largest absolute Gasteiger partial charge is 0.302 e. The molecule has 1 nitrogen and oxygen atoms in total. The van der Waals surface area contributed by atoms with Crippen LogP contribution in [0.3, 0.4) is 0 Å². The highest BCUT2D eigenvalue weighted by Crippen LogP contribution is 2.42. The Bertz CT molecular complexity index is 816. The Kier molecular flexibility index (Phi) is 3.96. The van der Waals surface area contributed by atoms with Gasteiger partial charge in [0, 0.05) is 11.0 Å². The molecule has 0 amide bonds. The lowest BCUT2D eigenvalue weighted by molar-refractivity contribution is 0.323. The van der Waals surface area contributed by atoms with Crippen molar-refractivity contribution >= 4 is 32.1 Å². The highest BCUT2D eigenvalue weighted by Gasteiger charge is 2.23. The molecular formula is C21H20BrN. The Hall–Kier alpha value is -1.64. The van der Waals surface area contributed by atoms with E-state index in [0.29, 0.717) is 0 Å². The molecule has 2 aromatic carbocycles. The molecule has 1 saturated heterocycles. The Labute approximate surface area is 146 Å². The predicted octanol–water partition coefficient (Wildman–Crippen LogP) is 5.42. The minimum absolute atomic E-state index is 1.07. The van der Waals surface area contributed by atoms with Gasteiger partial charge in [-0.05, 0) is 65.9 Å². The first-order valence-corrected chi connectivity index (χ1v) is 9.00. The lowest BCUT2D eigenvalue weighted by Crippen LogP contribution is -2.27. The lowest BCUT2D eigenvalue weighted by atomic mass is 9.86. The van der Waals surface area contributed by atoms with E-state index in [2.05, 4.69) is 82.5 Å². The smallest absolute Gasteiger partial charge is 0.0260 e. The molecule has 0 N–H and O–H groups in total. The van der Waals surface area contributed by atoms with Crippen LogP contribution in [0, 0.1) is 0 Å². The van der Waals surface area contributed by atoms with Crippen LogP contribution in [-0.2, 0) is 0 Å². The van der Waals surface area contributed by atoms with Crippen molar-refractivity contribution in [2.45, 2.75) is 12.8 Å². The fraction of sp³-hybridized carbons (Fsp3) is 0.238. The van der Waals surface area contributed by atoms with Gasteiger partial charge in [-0.1, -0.05) is 64.5 Å². The normalized spacial score (nSPS) is 21.2. The summed E-state index contributed by atoms with van der Waals surface area (Å²) in [6, 6.07) is 17.5. The number of likely N-dealkylation sites (tertiary alicyclic amines) is 1. The second-order valence-corrected chi connectivity index (χ2v) is 7.30. The molecule has 23 heavy (non-hydrogen) atoms. The average Bonchev–Trinajstić information content (AvgIpc) is 2.69. The Morgan fingerprint density at radius 1 is 0.913 bits per heavy atom. The SMILES string of the molecule is CN1CCCC(=C2c3ccccc3C=C(Br)c3ccccc32)C1. The summed E-state index contributed by atoms with van der Waals surface area (Å²) in [4.78, 5) is 2.43. The number of halogens is 1. The summed E-state index contributed by atoms with van der Waals surface area (Å²) in [7, 11) is 2.22. The first-order chi connectivity index (χ1) is 11.2. The molecule has 2 aliphatic rings. The van der Waals surface area contributed by atoms with E-state index in [0.717, 1.165) is 6.54 Å². The molecule has 0 radical (unpaired) electrons. The van der Waals surface area contributed by atoms with Crippen LogP contribution in [0.5, 0.6) is 0 Å². The molecule has 0 bridgehead atoms. The predicted molar refractivity (Wildman–Crippen MR) is 102 cm³/mol. The fourth-order valence-electron chi connectivity index (χ4n) is 3.75. The Balaban J connectivity index is 2.03. The molecule has 0 spiro atoms. The van der Waals surface area contributed by atoms with Gasteiger partial charge in [0.05, 0.1) is 0 Å². The molecule has 0 saturated carbocycles. The van der Waals surface area contributed by atoms with Crippen molar-refractivity contribution in [1.82, 2.24) is 4.90 Å². The number of benzene rings is 2. The van der Waals surface area contributed by atoms with E-state index in [1.165, 1.54) is 51.7 Å². The zero-order valence-electron chi connectivity index (χ0n) is 13.3. The van der Waals surface area contributed by atoms with Gasteiger partial charge in [-0.15, -0.1) is 0 Å². The van der Waals surface area contributed by atoms with Crippen molar-refractivity contribution in [2.24, 2.45) is 0 Å². The third kappa shape index (κ3) is 2.71. The van der Waals surface area contributed by atoms with Gasteiger partial charge in [-0.3, -0.25) is 0 Å². The molecular weight excluding hydrogens is 346 g/mol. The van der Waals surface area contributed by atoms with Crippen molar-refractivity contribution in [2.75, 3.05) is 20.1 Å². The van der Waals surface area contributed by atoms with E-state index in [1.54, 1.807) is 5.57 Å². The van der Waals surface area contributed by atoms with E-state index < -0.39 is 0 Å². The molecule has 116 valence electrons. The number of hydrogen-bond acceptors (Lipinski definition) is 1. The number of hydrogen-bond donors (Lipinski definition) is 0. The number of rotatable bonds is 0. The van der Waals surface area contributed by atoms with Gasteiger partial charge in [-0.2, -0.15) is 0 Å². The first kappa shape index (κ1) is 14.9. The van der Waals surface area contributed by atoms with Crippen LogP contribution in [0.4, 0.5) is 0 Å². The quantitative estimate of drug-likeness (QED) is 0.602. The Morgan fingerprint density at radius 2 is 1.61 bits per heavy atom. The van der Waals surface area contributed by atoms with Gasteiger partial charge in [0.1, 0.15) is 0 Å². The molecule has 1 aliphatic heterocycles. The zero-order chi connectivity index (χ0) is 15.8. The molecule has 2 heteroatoms. The molecule has 2 aromatic rings. The van der Waals surface area contributed by atoms with E-state index >= 15 is 0 Å². The first-order valence-electron chi connectivity index (χ1n) is 8.21. The minimum atomic E-state index is 1.07. The molecule has 1 fully saturated rings. The van der Waals surface area contributed by atoms with E-state index in [9.17, 15) is 0 Å². The standard InChI is InChI=1S/C21H20BrN/c1-23-12-6-8-16(14-23)21-17-9-3-2-7-15(17)13-20(22)18-10-4-5-11-19(18)21/h2-5,7,9-11,13H,6,8,12,14H2,1H3. The molecule has 0 atom stereocenters. The van der Waals surface area contributed by atoms with Crippen LogP contribution in [0.25, 0.3) is 16.1 Å². The van der Waals surface area contributed by atoms with Crippen molar-refractivity contribution in [1.29, 1.82) is 0 Å². The zero-order valence-corrected chi connectivity index (χ0v) is 14.9. The van der Waals surface area contributed by atoms with Crippen molar-refractivity contribution in [3.63, 3.8) is 0 Å². The fourth-order valence-corrected chi connectivity index (χ4v) is 4.34. The van der Waals surface area contributed by atoms with Crippen LogP contribution in [0.1, 0.15) is 35.1 Å². The lowest BCUT2D eigenvalue weighted by Gasteiger charge is -2.28. The van der Waals surface area contributed by atoms with Gasteiger partial charge in [0.2, 0.25) is 0 Å². The molecule has 1 heterocycles. The molecule has 1 aliphatic carbocycles. The number of fused-ring (bicyclic) bond motifs is 2. The second kappa shape index (κ2) is 6.10. The number of nitrogens with zero attached hydrogens (tertiary/aromatic N) is 1. The van der Waals surface area contributed by atoms with Crippen LogP contribution >= 0.6 is 15.9 Å². The third-order valence-electron chi connectivity index (χ3n) is 4.80. The van der Waals surface area contributed by atoms with Gasteiger partial charge < -0.3 is 4.90 Å². The summed E-state index contributed by atoms with van der Waals surface area (Å²) < 4.78 is 1.17. The summed E-state index contributed by atoms with van der Waals surface area (Å²) in [5, 5.41) is 0. The van der Waals surface area contributed by atoms with Gasteiger partial charge in [-0.25, -0.2) is 0 Å². The van der Waals surface area contributed by atoms with Crippen molar-refractivity contribution in [3.8, 4) is 0 Å². The number of likely N-dealkylation sites (N-methyl/N-ethyl adjacent to an activating group) is 1. The summed E-state index contributed by atoms with van der Waals surface area (Å²) in [6.45, 7) is 2.26. The van der Waals surface area contributed by atoms with Crippen LogP contribution < -0.4 is 0 Å². The van der Waals surface area contributed by atoms with Crippen LogP contribution in [0.15, 0.2) is 54.1 Å². The maximum absolute atomic E-state index is 3.80. The van der Waals surface area contributed by atoms with Crippen LogP contribution in [0.2, 0.25) is 0 Å². The maximum atomic E-state index is 3.80. The van der Waals surface area contributed by atoms with Crippen LogP contribution in [-0.4, -0.2) is 25.0 Å². The molecule has 4 rings (SSSR count). The average molecular weight is 366 g/mol. The van der Waals surface area contributed by atoms with Gasteiger partial charge >= 0.3 is 0 Å². The molecule has 0 aromatic heterocycles. The van der Waals surface area contributed by atoms with Gasteiger partial charge in [0.15, 0.2) is 0 Å². The summed E-state index contributed by atoms with van der Waals surface area (Å²) in [5.41, 5.74) is 8.30. The topological polar surface area (TPSA) is 3.24 Å². The summed E-state index contributed by atoms with van der Waals surface area (Å²) in [6.07, 6.45) is 4.70. The second-order valence-electron chi connectivity index (χ2n) is 6.44. The minimum Gasteiger partial charge on any atom is -0.302 e. The van der Waals surface area contributed by atoms with E-state index in [4.69, 9.17) is 0 Å². The maximum Gasteiger partial charge on any atom is 0.0260 e. The highest BCUT2D eigenvalue weighted by atomic mass is 79.9. The Morgan fingerprint density at radius 3 is 2.39 bits per heavy atom. The highest BCUT2D eigenvalue weighted by molar-refractivity contribution is 9.15. The molecule has 0 unspecified atom stereocenters. The summed E-state index contributed by atoms with van der Waals surface area (Å²) >= 11 is 3.80.